The molecule has 8 nitrogen and oxygen atoms in total. The van der Waals surface area contributed by atoms with E-state index < -0.39 is 20.0 Å². The highest BCUT2D eigenvalue weighted by Gasteiger charge is 2.27. The third-order valence-corrected chi connectivity index (χ3v) is 9.57. The molecule has 0 aromatic carbocycles. The minimum Gasteiger partial charge on any atom is -0.387 e. The number of allylic oxidation sites excluding steroid dienone is 5. The van der Waals surface area contributed by atoms with Crippen LogP contribution >= 0.6 is 7.82 Å². The average Bonchev–Trinajstić information content (AvgIpc) is 3.04. The number of carbonyl (C=O) groups is 1. The quantitative estimate of drug-likeness (QED) is 0.0261. The van der Waals surface area contributed by atoms with Gasteiger partial charge < -0.3 is 19.8 Å². The second kappa shape index (κ2) is 32.6. The van der Waals surface area contributed by atoms with E-state index in [1.165, 1.54) is 89.9 Å². The Kier molecular flexibility index (Phi) is 31.8. The molecule has 1 amide bonds. The highest BCUT2D eigenvalue weighted by Crippen LogP contribution is 2.43. The minimum atomic E-state index is -4.34. The number of quaternary nitrogens is 1. The van der Waals surface area contributed by atoms with E-state index in [1.54, 1.807) is 6.08 Å². The van der Waals surface area contributed by atoms with E-state index in [1.807, 2.05) is 27.2 Å². The number of hydrogen-bond acceptors (Lipinski definition) is 5. The van der Waals surface area contributed by atoms with E-state index in [9.17, 15) is 19.4 Å². The Morgan fingerprint density at radius 3 is 1.63 bits per heavy atom. The topological polar surface area (TPSA) is 105 Å². The monoisotopic (exact) mass is 714 g/mol. The van der Waals surface area contributed by atoms with Crippen molar-refractivity contribution in [3.8, 4) is 0 Å². The zero-order valence-corrected chi connectivity index (χ0v) is 33.3. The van der Waals surface area contributed by atoms with Gasteiger partial charge >= 0.3 is 7.82 Å². The molecule has 0 aromatic rings. The summed E-state index contributed by atoms with van der Waals surface area (Å²) in [5, 5.41) is 13.7. The molecule has 0 aromatic heterocycles. The predicted octanol–water partition coefficient (Wildman–Crippen LogP) is 10.4. The van der Waals surface area contributed by atoms with Crippen molar-refractivity contribution < 1.29 is 32.9 Å². The van der Waals surface area contributed by atoms with Gasteiger partial charge in [0.1, 0.15) is 13.2 Å². The molecule has 0 fully saturated rings. The number of phosphoric ester groups is 1. The van der Waals surface area contributed by atoms with Gasteiger partial charge in [0, 0.05) is 6.42 Å². The number of hydrogen-bond donors (Lipinski definition) is 3. The molecular formula is C40H78N2O6P+. The maximum Gasteiger partial charge on any atom is 0.472 e. The lowest BCUT2D eigenvalue weighted by molar-refractivity contribution is -0.870. The Hall–Kier alpha value is -1.28. The third kappa shape index (κ3) is 34.9. The summed E-state index contributed by atoms with van der Waals surface area (Å²) in [6.07, 6.45) is 37.8. The maximum absolute atomic E-state index is 12.8. The number of likely N-dealkylation sites (N-methyl/N-ethyl adjacent to an activating group) is 1. The molecule has 3 unspecified atom stereocenters. The number of carbonyl (C=O) groups excluding carboxylic acids is 1. The van der Waals surface area contributed by atoms with Crippen LogP contribution in [0.4, 0.5) is 0 Å². The molecule has 0 aliphatic rings. The number of rotatable bonds is 35. The van der Waals surface area contributed by atoms with E-state index >= 15 is 0 Å². The molecule has 0 bridgehead atoms. The van der Waals surface area contributed by atoms with Crippen LogP contribution in [0.25, 0.3) is 0 Å². The molecule has 288 valence electrons. The first-order chi connectivity index (χ1) is 23.5. The van der Waals surface area contributed by atoms with Crippen LogP contribution in [-0.4, -0.2) is 73.4 Å². The number of aliphatic hydroxyl groups excluding tert-OH is 1. The summed E-state index contributed by atoms with van der Waals surface area (Å²) in [6, 6.07) is -0.863. The first kappa shape index (κ1) is 47.7. The van der Waals surface area contributed by atoms with Gasteiger partial charge in [0.15, 0.2) is 0 Å². The van der Waals surface area contributed by atoms with Gasteiger partial charge in [0.25, 0.3) is 0 Å². The number of nitrogens with zero attached hydrogens (tertiary/aromatic N) is 1. The Bertz CT molecular complexity index is 902. The molecule has 0 aliphatic carbocycles. The largest absolute Gasteiger partial charge is 0.472 e. The fraction of sp³-hybridized carbons (Fsp3) is 0.825. The van der Waals surface area contributed by atoms with Gasteiger partial charge in [0.05, 0.1) is 39.9 Å². The van der Waals surface area contributed by atoms with Crippen LogP contribution in [0.3, 0.4) is 0 Å². The summed E-state index contributed by atoms with van der Waals surface area (Å²) in [7, 11) is 1.54. The van der Waals surface area contributed by atoms with Crippen molar-refractivity contribution in [1.82, 2.24) is 5.32 Å². The minimum absolute atomic E-state index is 0.0542. The van der Waals surface area contributed by atoms with Gasteiger partial charge in [-0.1, -0.05) is 134 Å². The van der Waals surface area contributed by atoms with Crippen LogP contribution in [0.1, 0.15) is 162 Å². The zero-order chi connectivity index (χ0) is 36.5. The Morgan fingerprint density at radius 1 is 0.673 bits per heavy atom. The zero-order valence-electron chi connectivity index (χ0n) is 32.4. The number of phosphoric acid groups is 1. The predicted molar refractivity (Wildman–Crippen MR) is 208 cm³/mol. The summed E-state index contributed by atoms with van der Waals surface area (Å²) in [4.78, 5) is 23.0. The Balaban J connectivity index is 4.59. The first-order valence-electron chi connectivity index (χ1n) is 19.9. The van der Waals surface area contributed by atoms with Gasteiger partial charge in [0.2, 0.25) is 5.91 Å². The fourth-order valence-electron chi connectivity index (χ4n) is 5.34. The van der Waals surface area contributed by atoms with Gasteiger partial charge in [-0.2, -0.15) is 0 Å². The van der Waals surface area contributed by atoms with Crippen LogP contribution < -0.4 is 5.32 Å². The highest BCUT2D eigenvalue weighted by atomic mass is 31.2. The molecule has 0 saturated carbocycles. The molecule has 3 atom stereocenters. The number of aliphatic hydroxyl groups is 1. The summed E-state index contributed by atoms with van der Waals surface area (Å²) in [6.45, 7) is 4.74. The summed E-state index contributed by atoms with van der Waals surface area (Å²) < 4.78 is 23.4. The lowest BCUT2D eigenvalue weighted by atomic mass is 10.1. The van der Waals surface area contributed by atoms with Gasteiger partial charge in [-0.3, -0.25) is 13.8 Å². The summed E-state index contributed by atoms with van der Waals surface area (Å²) in [5.74, 6) is -0.199. The molecule has 9 heteroatoms. The van der Waals surface area contributed by atoms with Crippen molar-refractivity contribution in [3.05, 3.63) is 36.5 Å². The lowest BCUT2D eigenvalue weighted by Crippen LogP contribution is -2.45. The smallest absolute Gasteiger partial charge is 0.387 e. The molecule has 0 aliphatic heterocycles. The number of amides is 1. The molecule has 0 rings (SSSR count). The summed E-state index contributed by atoms with van der Waals surface area (Å²) in [5.41, 5.74) is 0. The molecule has 3 N–H and O–H groups in total. The van der Waals surface area contributed by atoms with E-state index in [-0.39, 0.29) is 19.1 Å². The Labute approximate surface area is 302 Å². The molecule has 0 heterocycles. The summed E-state index contributed by atoms with van der Waals surface area (Å²) >= 11 is 0. The van der Waals surface area contributed by atoms with Crippen molar-refractivity contribution in [2.75, 3.05) is 40.9 Å². The first-order valence-corrected chi connectivity index (χ1v) is 21.4. The van der Waals surface area contributed by atoms with Crippen molar-refractivity contribution in [2.24, 2.45) is 0 Å². The average molecular weight is 714 g/mol. The van der Waals surface area contributed by atoms with E-state index in [0.717, 1.165) is 51.4 Å². The van der Waals surface area contributed by atoms with Crippen LogP contribution in [0.15, 0.2) is 36.5 Å². The third-order valence-electron chi connectivity index (χ3n) is 8.58. The molecule has 0 radical (unpaired) electrons. The molecular weight excluding hydrogens is 635 g/mol. The van der Waals surface area contributed by atoms with Gasteiger partial charge in [-0.05, 0) is 57.8 Å². The SMILES string of the molecule is CCCCCCC/C=C\CCCCCCCC(=O)NC(COP(=O)(O)OCC[N+](C)(C)C)C(O)/C=C/CC/C=C/CCCCCCCCC. The molecule has 0 saturated heterocycles. The van der Waals surface area contributed by atoms with Gasteiger partial charge in [-0.25, -0.2) is 4.57 Å². The van der Waals surface area contributed by atoms with E-state index in [2.05, 4.69) is 43.5 Å². The molecule has 0 spiro atoms. The second-order valence-electron chi connectivity index (χ2n) is 14.6. The fourth-order valence-corrected chi connectivity index (χ4v) is 6.08. The van der Waals surface area contributed by atoms with Crippen LogP contribution in [0, 0.1) is 0 Å². The lowest BCUT2D eigenvalue weighted by Gasteiger charge is -2.25. The van der Waals surface area contributed by atoms with E-state index in [0.29, 0.717) is 17.4 Å². The molecule has 49 heavy (non-hydrogen) atoms. The highest BCUT2D eigenvalue weighted by molar-refractivity contribution is 7.47. The maximum atomic E-state index is 12.8. The van der Waals surface area contributed by atoms with Gasteiger partial charge in [-0.15, -0.1) is 0 Å². The Morgan fingerprint density at radius 2 is 1.12 bits per heavy atom. The van der Waals surface area contributed by atoms with Crippen LogP contribution in [0.5, 0.6) is 0 Å². The second-order valence-corrected chi connectivity index (χ2v) is 16.1. The van der Waals surface area contributed by atoms with Crippen molar-refractivity contribution in [3.63, 3.8) is 0 Å². The normalized spacial score (nSPS) is 15.0. The van der Waals surface area contributed by atoms with Crippen molar-refractivity contribution >= 4 is 13.7 Å². The van der Waals surface area contributed by atoms with E-state index in [4.69, 9.17) is 9.05 Å². The standard InChI is InChI=1S/C40H77N2O6P/c1-6-8-10-12-14-16-18-20-22-24-26-28-30-32-34-40(44)41-38(37-48-49(45,46)47-36-35-42(3,4)5)39(43)33-31-29-27-25-23-21-19-17-15-13-11-9-7-2/h18,20,23,25,31,33,38-39,43H,6-17,19,21-22,24,26-30,32,34-37H2,1-5H3,(H-,41,44,45,46)/p+1/b20-18-,25-23+,33-31+. The van der Waals surface area contributed by atoms with Crippen LogP contribution in [-0.2, 0) is 18.4 Å². The van der Waals surface area contributed by atoms with Crippen LogP contribution in [0.2, 0.25) is 0 Å². The number of nitrogens with one attached hydrogen (secondary N) is 1. The van der Waals surface area contributed by atoms with Crippen molar-refractivity contribution in [2.45, 2.75) is 174 Å². The van der Waals surface area contributed by atoms with Crippen molar-refractivity contribution in [1.29, 1.82) is 0 Å². The number of unbranched alkanes of at least 4 members (excludes halogenated alkanes) is 18.